The highest BCUT2D eigenvalue weighted by Crippen LogP contribution is 2.32. The average Bonchev–Trinajstić information content (AvgIpc) is 3.18. The predicted octanol–water partition coefficient (Wildman–Crippen LogP) is 4.44. The maximum absolute atomic E-state index is 14.9. The summed E-state index contributed by atoms with van der Waals surface area (Å²) in [6, 6.07) is 12.2. The number of benzene rings is 2. The number of hydrogen-bond donors (Lipinski definition) is 1. The minimum atomic E-state index is -0.438. The number of nitrogens with zero attached hydrogens (tertiary/aromatic N) is 4. The molecule has 158 valence electrons. The van der Waals surface area contributed by atoms with Crippen molar-refractivity contribution in [1.29, 1.82) is 5.26 Å². The lowest BCUT2D eigenvalue weighted by atomic mass is 9.80. The normalized spacial score (nSPS) is 17.5. The van der Waals surface area contributed by atoms with E-state index in [4.69, 9.17) is 10.00 Å². The minimum absolute atomic E-state index is 0.0421. The molecule has 5 rings (SSSR count). The molecule has 1 N–H and O–H groups in total. The van der Waals surface area contributed by atoms with E-state index >= 15 is 0 Å². The zero-order chi connectivity index (χ0) is 22.2. The molecule has 4 aromatic rings. The summed E-state index contributed by atoms with van der Waals surface area (Å²) in [7, 11) is 0. The van der Waals surface area contributed by atoms with Crippen LogP contribution >= 0.6 is 0 Å². The Morgan fingerprint density at radius 1 is 1.16 bits per heavy atom. The van der Waals surface area contributed by atoms with E-state index in [1.165, 1.54) is 6.07 Å². The average molecular weight is 427 g/mol. The summed E-state index contributed by atoms with van der Waals surface area (Å²) in [4.78, 5) is 27.2. The molecule has 0 aliphatic heterocycles. The number of aromatic nitrogens is 4. The van der Waals surface area contributed by atoms with Gasteiger partial charge in [0, 0.05) is 23.9 Å². The molecule has 0 unspecified atom stereocenters. The van der Waals surface area contributed by atoms with Crippen molar-refractivity contribution in [3.05, 3.63) is 60.2 Å². The monoisotopic (exact) mass is 427 g/mol. The number of rotatable bonds is 5. The molecule has 32 heavy (non-hydrogen) atoms. The van der Waals surface area contributed by atoms with Gasteiger partial charge in [0.25, 0.3) is 0 Å². The first-order chi connectivity index (χ1) is 15.5. The van der Waals surface area contributed by atoms with Crippen molar-refractivity contribution >= 4 is 16.8 Å². The third-order valence-corrected chi connectivity index (χ3v) is 5.74. The van der Waals surface area contributed by atoms with Gasteiger partial charge in [0.05, 0.1) is 28.2 Å². The fourth-order valence-electron chi connectivity index (χ4n) is 3.76. The highest BCUT2D eigenvalue weighted by Gasteiger charge is 2.34. The number of hydrogen-bond acceptors (Lipinski definition) is 6. The molecule has 2 aromatic heterocycles. The van der Waals surface area contributed by atoms with Crippen molar-refractivity contribution in [2.45, 2.75) is 25.9 Å². The lowest BCUT2D eigenvalue weighted by Gasteiger charge is -2.32. The van der Waals surface area contributed by atoms with Gasteiger partial charge in [-0.3, -0.25) is 4.79 Å². The number of H-pyrrole nitrogens is 1. The van der Waals surface area contributed by atoms with Gasteiger partial charge in [-0.2, -0.15) is 5.26 Å². The van der Waals surface area contributed by atoms with Gasteiger partial charge >= 0.3 is 6.01 Å². The van der Waals surface area contributed by atoms with Crippen molar-refractivity contribution in [2.75, 3.05) is 0 Å². The van der Waals surface area contributed by atoms with Gasteiger partial charge in [-0.05, 0) is 55.7 Å². The van der Waals surface area contributed by atoms with Crippen LogP contribution in [0.2, 0.25) is 0 Å². The SMILES string of the molecule is CC(=O)C1CC(Oc2ncc(-c3ccc(-c4nc5ccc(C#N)cc5[nH]4)c(F)c3)cn2)C1. The van der Waals surface area contributed by atoms with Crippen LogP contribution in [-0.2, 0) is 4.79 Å². The molecule has 7 nitrogen and oxygen atoms in total. The zero-order valence-electron chi connectivity index (χ0n) is 17.2. The number of aromatic amines is 1. The van der Waals surface area contributed by atoms with Gasteiger partial charge in [-0.25, -0.2) is 19.3 Å². The Bertz CT molecular complexity index is 1370. The molecule has 0 amide bonds. The Balaban J connectivity index is 1.33. The maximum atomic E-state index is 14.9. The second kappa shape index (κ2) is 7.85. The first-order valence-electron chi connectivity index (χ1n) is 10.2. The smallest absolute Gasteiger partial charge is 0.316 e. The molecular weight excluding hydrogens is 409 g/mol. The Kier molecular flexibility index (Phi) is 4.86. The van der Waals surface area contributed by atoms with E-state index in [2.05, 4.69) is 26.0 Å². The molecule has 0 radical (unpaired) electrons. The summed E-state index contributed by atoms with van der Waals surface area (Å²) < 4.78 is 20.6. The van der Waals surface area contributed by atoms with Crippen LogP contribution in [-0.4, -0.2) is 31.8 Å². The molecule has 8 heteroatoms. The number of carbonyl (C=O) groups is 1. The molecule has 1 aliphatic rings. The van der Waals surface area contributed by atoms with Crippen molar-refractivity contribution < 1.29 is 13.9 Å². The van der Waals surface area contributed by atoms with Crippen molar-refractivity contribution in [1.82, 2.24) is 19.9 Å². The highest BCUT2D eigenvalue weighted by molar-refractivity contribution is 5.81. The van der Waals surface area contributed by atoms with E-state index < -0.39 is 5.82 Å². The first-order valence-corrected chi connectivity index (χ1v) is 10.2. The molecule has 2 heterocycles. The topological polar surface area (TPSA) is 105 Å². The Morgan fingerprint density at radius 3 is 2.62 bits per heavy atom. The second-order valence-electron chi connectivity index (χ2n) is 7.90. The number of nitrogens with one attached hydrogen (secondary N) is 1. The molecule has 0 bridgehead atoms. The summed E-state index contributed by atoms with van der Waals surface area (Å²) >= 11 is 0. The van der Waals surface area contributed by atoms with Crippen LogP contribution in [0.1, 0.15) is 25.3 Å². The van der Waals surface area contributed by atoms with Gasteiger partial charge in [0.15, 0.2) is 0 Å². The number of imidazole rings is 1. The van der Waals surface area contributed by atoms with Gasteiger partial charge in [0.1, 0.15) is 23.5 Å². The quantitative estimate of drug-likeness (QED) is 0.505. The minimum Gasteiger partial charge on any atom is -0.460 e. The van der Waals surface area contributed by atoms with E-state index in [0.29, 0.717) is 52.0 Å². The standard InChI is InChI=1S/C24H18FN5O2/c1-13(31)16-7-18(8-16)32-24-27-11-17(12-28-24)15-3-4-19(20(25)9-15)23-29-21-5-2-14(10-26)6-22(21)30-23/h2-6,9,11-12,16,18H,7-8H2,1H3,(H,29,30). The van der Waals surface area contributed by atoms with E-state index in [1.807, 2.05) is 0 Å². The number of fused-ring (bicyclic) bond motifs is 1. The van der Waals surface area contributed by atoms with Crippen LogP contribution in [0, 0.1) is 23.1 Å². The molecule has 2 aromatic carbocycles. The highest BCUT2D eigenvalue weighted by atomic mass is 19.1. The van der Waals surface area contributed by atoms with Crippen molar-refractivity contribution in [2.24, 2.45) is 5.92 Å². The van der Waals surface area contributed by atoms with Crippen LogP contribution < -0.4 is 4.74 Å². The zero-order valence-corrected chi connectivity index (χ0v) is 17.2. The van der Waals surface area contributed by atoms with Gasteiger partial charge in [-0.1, -0.05) is 6.07 Å². The molecule has 0 saturated heterocycles. The van der Waals surface area contributed by atoms with E-state index in [-0.39, 0.29) is 23.8 Å². The number of Topliss-reactive ketones (excluding diaryl/α,β-unsaturated/α-hetero) is 1. The summed E-state index contributed by atoms with van der Waals surface area (Å²) in [5.41, 5.74) is 3.45. The lowest BCUT2D eigenvalue weighted by Crippen LogP contribution is -2.37. The fraction of sp³-hybridized carbons (Fsp3) is 0.208. The van der Waals surface area contributed by atoms with Crippen molar-refractivity contribution in [3.63, 3.8) is 0 Å². The summed E-state index contributed by atoms with van der Waals surface area (Å²) in [5.74, 6) is 0.206. The predicted molar refractivity (Wildman–Crippen MR) is 115 cm³/mol. The van der Waals surface area contributed by atoms with Gasteiger partial charge in [-0.15, -0.1) is 0 Å². The molecule has 0 spiro atoms. The van der Waals surface area contributed by atoms with Crippen molar-refractivity contribution in [3.8, 4) is 34.6 Å². The van der Waals surface area contributed by atoms with Gasteiger partial charge in [0.2, 0.25) is 0 Å². The van der Waals surface area contributed by atoms with E-state index in [9.17, 15) is 9.18 Å². The fourth-order valence-corrected chi connectivity index (χ4v) is 3.76. The number of ether oxygens (including phenoxy) is 1. The Hall–Kier alpha value is -4.12. The number of ketones is 1. The molecule has 1 fully saturated rings. The number of carbonyl (C=O) groups excluding carboxylic acids is 1. The van der Waals surface area contributed by atoms with Gasteiger partial charge < -0.3 is 9.72 Å². The first kappa shape index (κ1) is 19.8. The molecular formula is C24H18FN5O2. The molecule has 1 saturated carbocycles. The van der Waals surface area contributed by atoms with Crippen LogP contribution in [0.4, 0.5) is 4.39 Å². The maximum Gasteiger partial charge on any atom is 0.316 e. The van der Waals surface area contributed by atoms with E-state index in [0.717, 1.165) is 0 Å². The van der Waals surface area contributed by atoms with E-state index in [1.54, 1.807) is 49.6 Å². The third kappa shape index (κ3) is 3.69. The molecule has 0 atom stereocenters. The lowest BCUT2D eigenvalue weighted by molar-refractivity contribution is -0.126. The summed E-state index contributed by atoms with van der Waals surface area (Å²) in [6.45, 7) is 1.59. The molecule has 1 aliphatic carbocycles. The van der Waals surface area contributed by atoms with Crippen LogP contribution in [0.15, 0.2) is 48.8 Å². The second-order valence-corrected chi connectivity index (χ2v) is 7.90. The summed E-state index contributed by atoms with van der Waals surface area (Å²) in [5, 5.41) is 9.04. The summed E-state index contributed by atoms with van der Waals surface area (Å²) in [6.07, 6.45) is 4.50. The third-order valence-electron chi connectivity index (χ3n) is 5.74. The van der Waals surface area contributed by atoms with Crippen LogP contribution in [0.5, 0.6) is 6.01 Å². The largest absolute Gasteiger partial charge is 0.460 e. The number of nitriles is 1. The Morgan fingerprint density at radius 2 is 1.94 bits per heavy atom. The van der Waals surface area contributed by atoms with Crippen LogP contribution in [0.3, 0.4) is 0 Å². The number of halogens is 1. The van der Waals surface area contributed by atoms with Crippen LogP contribution in [0.25, 0.3) is 33.5 Å². The Labute approximate surface area is 182 Å².